The number of aliphatic carboxylic acids is 1. The SMILES string of the molecule is COC1N=CC(/C=C/C(=O)O)=CN1OC. The number of hydrogen-bond acceptors (Lipinski definition) is 5. The fraction of sp³-hybridized carbons (Fsp3) is 0.333. The molecule has 0 amide bonds. The van der Waals surface area contributed by atoms with E-state index in [0.717, 1.165) is 6.08 Å². The number of hydrogen-bond donors (Lipinski definition) is 1. The van der Waals surface area contributed by atoms with Crippen molar-refractivity contribution in [1.29, 1.82) is 0 Å². The van der Waals surface area contributed by atoms with Crippen molar-refractivity contribution >= 4 is 12.2 Å². The Labute approximate surface area is 87.1 Å². The van der Waals surface area contributed by atoms with Gasteiger partial charge in [0, 0.05) is 31.2 Å². The van der Waals surface area contributed by atoms with E-state index in [4.69, 9.17) is 14.7 Å². The number of rotatable bonds is 4. The standard InChI is InChI=1S/C9H12N2O4/c1-14-9-10-5-7(3-4-8(12)13)6-11(9)15-2/h3-6,9H,1-2H3,(H,12,13)/b4-3+. The van der Waals surface area contributed by atoms with Crippen LogP contribution in [0.25, 0.3) is 0 Å². The van der Waals surface area contributed by atoms with Crippen LogP contribution in [-0.4, -0.2) is 42.9 Å². The number of carbonyl (C=O) groups is 1. The van der Waals surface area contributed by atoms with Crippen molar-refractivity contribution in [2.75, 3.05) is 14.2 Å². The van der Waals surface area contributed by atoms with Gasteiger partial charge < -0.3 is 9.84 Å². The summed E-state index contributed by atoms with van der Waals surface area (Å²) in [6, 6.07) is 0. The van der Waals surface area contributed by atoms with E-state index in [2.05, 4.69) is 4.99 Å². The van der Waals surface area contributed by atoms with Gasteiger partial charge in [-0.15, -0.1) is 0 Å². The lowest BCUT2D eigenvalue weighted by Crippen LogP contribution is -2.32. The molecule has 0 aliphatic carbocycles. The number of carboxylic acids is 1. The second kappa shape index (κ2) is 5.28. The van der Waals surface area contributed by atoms with E-state index < -0.39 is 12.3 Å². The minimum atomic E-state index is -1.01. The minimum Gasteiger partial charge on any atom is -0.478 e. The maximum absolute atomic E-state index is 10.3. The van der Waals surface area contributed by atoms with Gasteiger partial charge in [0.05, 0.1) is 7.11 Å². The molecular formula is C9H12N2O4. The topological polar surface area (TPSA) is 71.4 Å². The average Bonchev–Trinajstić information content (AvgIpc) is 2.25. The molecule has 0 saturated heterocycles. The maximum Gasteiger partial charge on any atom is 0.328 e. The van der Waals surface area contributed by atoms with Gasteiger partial charge in [-0.1, -0.05) is 0 Å². The molecule has 1 rings (SSSR count). The zero-order chi connectivity index (χ0) is 11.3. The van der Waals surface area contributed by atoms with Gasteiger partial charge in [0.1, 0.15) is 0 Å². The van der Waals surface area contributed by atoms with Crippen LogP contribution < -0.4 is 0 Å². The summed E-state index contributed by atoms with van der Waals surface area (Å²) < 4.78 is 4.99. The molecular weight excluding hydrogens is 200 g/mol. The van der Waals surface area contributed by atoms with Crippen molar-refractivity contribution in [3.05, 3.63) is 23.9 Å². The van der Waals surface area contributed by atoms with Gasteiger partial charge >= 0.3 is 5.97 Å². The maximum atomic E-state index is 10.3. The second-order valence-electron chi connectivity index (χ2n) is 2.68. The molecule has 0 saturated carbocycles. The van der Waals surface area contributed by atoms with Crippen molar-refractivity contribution in [2.45, 2.75) is 6.35 Å². The molecule has 1 heterocycles. The first-order chi connectivity index (χ1) is 7.17. The molecule has 6 heteroatoms. The Bertz CT molecular complexity index is 322. The molecule has 0 aromatic carbocycles. The van der Waals surface area contributed by atoms with Gasteiger partial charge in [-0.05, 0) is 6.08 Å². The normalized spacial score (nSPS) is 20.8. The lowest BCUT2D eigenvalue weighted by atomic mass is 10.2. The summed E-state index contributed by atoms with van der Waals surface area (Å²) in [5, 5.41) is 9.81. The summed E-state index contributed by atoms with van der Waals surface area (Å²) in [5.41, 5.74) is 0.618. The molecule has 82 valence electrons. The van der Waals surface area contributed by atoms with Gasteiger partial charge in [-0.2, -0.15) is 0 Å². The molecule has 0 aromatic rings. The number of allylic oxidation sites excluding steroid dienone is 2. The Balaban J connectivity index is 2.73. The first-order valence-corrected chi connectivity index (χ1v) is 4.18. The molecule has 6 nitrogen and oxygen atoms in total. The molecule has 1 aliphatic heterocycles. The molecule has 1 aliphatic rings. The fourth-order valence-corrected chi connectivity index (χ4v) is 1.02. The summed E-state index contributed by atoms with van der Waals surface area (Å²) in [4.78, 5) is 19.3. The summed E-state index contributed by atoms with van der Waals surface area (Å²) >= 11 is 0. The Kier molecular flexibility index (Phi) is 4.02. The lowest BCUT2D eigenvalue weighted by molar-refractivity contribution is -0.193. The highest BCUT2D eigenvalue weighted by Crippen LogP contribution is 2.11. The number of aliphatic imine (C=N–C) groups is 1. The zero-order valence-electron chi connectivity index (χ0n) is 8.45. The highest BCUT2D eigenvalue weighted by molar-refractivity contribution is 5.87. The molecule has 0 fully saturated rings. The quantitative estimate of drug-likeness (QED) is 0.682. The monoisotopic (exact) mass is 212 g/mol. The third-order valence-electron chi connectivity index (χ3n) is 1.69. The molecule has 1 atom stereocenters. The zero-order valence-corrected chi connectivity index (χ0v) is 8.45. The number of nitrogens with zero attached hydrogens (tertiary/aromatic N) is 2. The van der Waals surface area contributed by atoms with Crippen LogP contribution in [0.4, 0.5) is 0 Å². The molecule has 0 spiro atoms. The second-order valence-corrected chi connectivity index (χ2v) is 2.68. The van der Waals surface area contributed by atoms with Gasteiger partial charge in [0.15, 0.2) is 0 Å². The molecule has 1 N–H and O–H groups in total. The predicted molar refractivity (Wildman–Crippen MR) is 53.0 cm³/mol. The van der Waals surface area contributed by atoms with Gasteiger partial charge in [-0.25, -0.2) is 14.9 Å². The van der Waals surface area contributed by atoms with Gasteiger partial charge in [-0.3, -0.25) is 4.84 Å². The van der Waals surface area contributed by atoms with E-state index in [9.17, 15) is 4.79 Å². The Morgan fingerprint density at radius 1 is 1.67 bits per heavy atom. The van der Waals surface area contributed by atoms with E-state index in [1.54, 1.807) is 6.20 Å². The Morgan fingerprint density at radius 2 is 2.40 bits per heavy atom. The smallest absolute Gasteiger partial charge is 0.328 e. The van der Waals surface area contributed by atoms with E-state index in [-0.39, 0.29) is 0 Å². The van der Waals surface area contributed by atoms with Crippen molar-refractivity contribution < 1.29 is 19.5 Å². The van der Waals surface area contributed by atoms with E-state index in [0.29, 0.717) is 5.57 Å². The van der Waals surface area contributed by atoms with Crippen LogP contribution in [0, 0.1) is 0 Å². The summed E-state index contributed by atoms with van der Waals surface area (Å²) in [6.07, 6.45) is 5.03. The van der Waals surface area contributed by atoms with Crippen LogP contribution in [0.15, 0.2) is 28.9 Å². The van der Waals surface area contributed by atoms with E-state index in [1.165, 1.54) is 31.6 Å². The number of methoxy groups -OCH3 is 1. The van der Waals surface area contributed by atoms with Crippen LogP contribution in [0.3, 0.4) is 0 Å². The van der Waals surface area contributed by atoms with Gasteiger partial charge in [0.2, 0.25) is 6.35 Å². The van der Waals surface area contributed by atoms with Crippen molar-refractivity contribution in [1.82, 2.24) is 5.06 Å². The summed E-state index contributed by atoms with van der Waals surface area (Å²) in [5.74, 6) is -1.01. The van der Waals surface area contributed by atoms with E-state index in [1.807, 2.05) is 0 Å². The van der Waals surface area contributed by atoms with Crippen molar-refractivity contribution in [2.24, 2.45) is 4.99 Å². The average molecular weight is 212 g/mol. The highest BCUT2D eigenvalue weighted by atomic mass is 16.7. The van der Waals surface area contributed by atoms with Crippen LogP contribution in [0.5, 0.6) is 0 Å². The van der Waals surface area contributed by atoms with Crippen LogP contribution in [0.2, 0.25) is 0 Å². The summed E-state index contributed by atoms with van der Waals surface area (Å²) in [7, 11) is 2.97. The van der Waals surface area contributed by atoms with Gasteiger partial charge in [0.25, 0.3) is 0 Å². The van der Waals surface area contributed by atoms with Crippen LogP contribution >= 0.6 is 0 Å². The third kappa shape index (κ3) is 3.19. The Morgan fingerprint density at radius 3 is 2.93 bits per heavy atom. The molecule has 1 unspecified atom stereocenters. The lowest BCUT2D eigenvalue weighted by Gasteiger charge is -2.26. The molecule has 0 radical (unpaired) electrons. The van der Waals surface area contributed by atoms with Crippen molar-refractivity contribution in [3.63, 3.8) is 0 Å². The largest absolute Gasteiger partial charge is 0.478 e. The Hall–Kier alpha value is -1.66. The molecule has 0 aromatic heterocycles. The number of hydroxylamine groups is 2. The van der Waals surface area contributed by atoms with E-state index >= 15 is 0 Å². The van der Waals surface area contributed by atoms with Crippen LogP contribution in [0.1, 0.15) is 0 Å². The number of carboxylic acid groups (broad SMARTS) is 1. The predicted octanol–water partition coefficient (Wildman–Crippen LogP) is 0.389. The van der Waals surface area contributed by atoms with Crippen molar-refractivity contribution in [3.8, 4) is 0 Å². The third-order valence-corrected chi connectivity index (χ3v) is 1.69. The fourth-order valence-electron chi connectivity index (χ4n) is 1.02. The minimum absolute atomic E-state index is 0.531. The molecule has 15 heavy (non-hydrogen) atoms. The van der Waals surface area contributed by atoms with Crippen LogP contribution in [-0.2, 0) is 14.4 Å². The summed E-state index contributed by atoms with van der Waals surface area (Å²) in [6.45, 7) is 0. The first-order valence-electron chi connectivity index (χ1n) is 4.18. The first kappa shape index (κ1) is 11.4. The molecule has 0 bridgehead atoms. The highest BCUT2D eigenvalue weighted by Gasteiger charge is 2.16. The number of ether oxygens (including phenoxy) is 1.